The number of halogens is 3. The Hall–Kier alpha value is -1.76. The summed E-state index contributed by atoms with van der Waals surface area (Å²) >= 11 is 0. The van der Waals surface area contributed by atoms with E-state index in [1.165, 1.54) is 12.1 Å². The highest BCUT2D eigenvalue weighted by atomic mass is 19.4. The summed E-state index contributed by atoms with van der Waals surface area (Å²) in [6.45, 7) is 5.23. The third kappa shape index (κ3) is 4.44. The second-order valence-electron chi connectivity index (χ2n) is 4.92. The van der Waals surface area contributed by atoms with Crippen molar-refractivity contribution in [2.24, 2.45) is 5.84 Å². The van der Waals surface area contributed by atoms with Crippen molar-refractivity contribution in [2.45, 2.75) is 32.7 Å². The van der Waals surface area contributed by atoms with Gasteiger partial charge in [0.15, 0.2) is 0 Å². The molecule has 0 radical (unpaired) electrons. The number of benzene rings is 1. The monoisotopic (exact) mass is 276 g/mol. The minimum absolute atomic E-state index is 0.187. The van der Waals surface area contributed by atoms with Gasteiger partial charge in [-0.2, -0.15) is 0 Å². The molecule has 1 rings (SSSR count). The number of nitrogens with two attached hydrogens (primary N) is 1. The maximum atomic E-state index is 12.0. The lowest BCUT2D eigenvalue weighted by atomic mass is 10.1. The predicted octanol–water partition coefficient (Wildman–Crippen LogP) is 2.70. The number of rotatable bonds is 2. The van der Waals surface area contributed by atoms with Crippen LogP contribution >= 0.6 is 0 Å². The molecule has 0 aliphatic rings. The average Bonchev–Trinajstić information content (AvgIpc) is 2.24. The van der Waals surface area contributed by atoms with Gasteiger partial charge >= 0.3 is 6.36 Å². The Balaban J connectivity index is 2.85. The molecule has 0 heterocycles. The molecule has 0 aliphatic heterocycles. The summed E-state index contributed by atoms with van der Waals surface area (Å²) in [6.07, 6.45) is -4.75. The zero-order chi connectivity index (χ0) is 14.8. The molecular formula is C12H15F3N2O2. The first-order chi connectivity index (χ1) is 8.50. The summed E-state index contributed by atoms with van der Waals surface area (Å²) in [7, 11) is 0. The first-order valence-electron chi connectivity index (χ1n) is 5.46. The van der Waals surface area contributed by atoms with Crippen molar-refractivity contribution in [3.63, 3.8) is 0 Å². The van der Waals surface area contributed by atoms with Gasteiger partial charge in [0.1, 0.15) is 5.75 Å². The van der Waals surface area contributed by atoms with E-state index in [-0.39, 0.29) is 11.3 Å². The van der Waals surface area contributed by atoms with Gasteiger partial charge in [0, 0.05) is 5.56 Å². The number of nitrogens with zero attached hydrogens (tertiary/aromatic N) is 1. The summed E-state index contributed by atoms with van der Waals surface area (Å²) in [4.78, 5) is 11.9. The van der Waals surface area contributed by atoms with Crippen LogP contribution in [0.5, 0.6) is 5.75 Å². The molecule has 0 unspecified atom stereocenters. The lowest BCUT2D eigenvalue weighted by Gasteiger charge is -2.31. The van der Waals surface area contributed by atoms with Crippen LogP contribution in [0.1, 0.15) is 31.1 Å². The van der Waals surface area contributed by atoms with Gasteiger partial charge in [0.05, 0.1) is 5.54 Å². The topological polar surface area (TPSA) is 55.6 Å². The fourth-order valence-electron chi connectivity index (χ4n) is 1.24. The summed E-state index contributed by atoms with van der Waals surface area (Å²) in [5, 5.41) is 1.02. The van der Waals surface area contributed by atoms with Crippen molar-refractivity contribution in [3.05, 3.63) is 29.8 Å². The minimum atomic E-state index is -4.75. The fraction of sp³-hybridized carbons (Fsp3) is 0.417. The Kier molecular flexibility index (Phi) is 4.09. The van der Waals surface area contributed by atoms with Crippen LogP contribution in [0, 0.1) is 0 Å². The summed E-state index contributed by atoms with van der Waals surface area (Å²) in [6, 6.07) is 4.60. The summed E-state index contributed by atoms with van der Waals surface area (Å²) < 4.78 is 39.6. The molecule has 4 nitrogen and oxygen atoms in total. The second-order valence-corrected chi connectivity index (χ2v) is 4.92. The molecule has 0 saturated heterocycles. The van der Waals surface area contributed by atoms with Gasteiger partial charge < -0.3 is 4.74 Å². The van der Waals surface area contributed by atoms with Crippen LogP contribution in [0.4, 0.5) is 13.2 Å². The zero-order valence-corrected chi connectivity index (χ0v) is 10.8. The van der Waals surface area contributed by atoms with Crippen molar-refractivity contribution >= 4 is 5.91 Å². The number of amides is 1. The number of hydrogen-bond acceptors (Lipinski definition) is 3. The largest absolute Gasteiger partial charge is 0.573 e. The van der Waals surface area contributed by atoms with E-state index < -0.39 is 17.8 Å². The van der Waals surface area contributed by atoms with Gasteiger partial charge in [-0.05, 0) is 45.0 Å². The van der Waals surface area contributed by atoms with E-state index in [0.717, 1.165) is 17.1 Å². The molecule has 2 N–H and O–H groups in total. The summed E-state index contributed by atoms with van der Waals surface area (Å²) in [5.41, 5.74) is -0.398. The molecule has 1 aromatic rings. The molecule has 106 valence electrons. The Morgan fingerprint density at radius 1 is 1.16 bits per heavy atom. The number of hydrogen-bond donors (Lipinski definition) is 1. The van der Waals surface area contributed by atoms with E-state index in [4.69, 9.17) is 5.84 Å². The van der Waals surface area contributed by atoms with Crippen molar-refractivity contribution < 1.29 is 22.7 Å². The van der Waals surface area contributed by atoms with Gasteiger partial charge in [-0.25, -0.2) is 5.84 Å². The third-order valence-corrected chi connectivity index (χ3v) is 2.28. The third-order valence-electron chi connectivity index (χ3n) is 2.28. The first kappa shape index (κ1) is 15.3. The molecule has 0 saturated carbocycles. The molecular weight excluding hydrogens is 261 g/mol. The summed E-state index contributed by atoms with van der Waals surface area (Å²) in [5.74, 6) is 4.77. The van der Waals surface area contributed by atoms with Gasteiger partial charge in [-0.3, -0.25) is 9.80 Å². The van der Waals surface area contributed by atoms with Crippen LogP contribution in [-0.4, -0.2) is 22.8 Å². The maximum absolute atomic E-state index is 12.0. The SMILES string of the molecule is CC(C)(C)N(N)C(=O)c1ccc(OC(F)(F)F)cc1. The normalized spacial score (nSPS) is 12.2. The standard InChI is InChI=1S/C12H15F3N2O2/c1-11(2,3)17(16)10(18)8-4-6-9(7-5-8)19-12(13,14)15/h4-7H,16H2,1-3H3. The number of ether oxygens (including phenoxy) is 1. The fourth-order valence-corrected chi connectivity index (χ4v) is 1.24. The smallest absolute Gasteiger partial charge is 0.406 e. The van der Waals surface area contributed by atoms with Crippen molar-refractivity contribution in [2.75, 3.05) is 0 Å². The Bertz CT molecular complexity index is 450. The highest BCUT2D eigenvalue weighted by molar-refractivity contribution is 5.94. The van der Waals surface area contributed by atoms with Crippen LogP contribution in [0.15, 0.2) is 24.3 Å². The quantitative estimate of drug-likeness (QED) is 0.513. The van der Waals surface area contributed by atoms with Crippen molar-refractivity contribution in [1.82, 2.24) is 5.01 Å². The number of alkyl halides is 3. The van der Waals surface area contributed by atoms with Gasteiger partial charge in [-0.1, -0.05) is 0 Å². The van der Waals surface area contributed by atoms with E-state index >= 15 is 0 Å². The highest BCUT2D eigenvalue weighted by Crippen LogP contribution is 2.23. The molecule has 1 amide bonds. The van der Waals surface area contributed by atoms with Crippen molar-refractivity contribution in [1.29, 1.82) is 0 Å². The minimum Gasteiger partial charge on any atom is -0.406 e. The Labute approximate surface area is 108 Å². The molecule has 0 aromatic heterocycles. The maximum Gasteiger partial charge on any atom is 0.573 e. The first-order valence-corrected chi connectivity index (χ1v) is 5.46. The van der Waals surface area contributed by atoms with E-state index in [9.17, 15) is 18.0 Å². The van der Waals surface area contributed by atoms with E-state index in [1.54, 1.807) is 20.8 Å². The number of hydrazine groups is 1. The predicted molar refractivity (Wildman–Crippen MR) is 63.2 cm³/mol. The van der Waals surface area contributed by atoms with Gasteiger partial charge in [0.25, 0.3) is 5.91 Å². The Morgan fingerprint density at radius 3 is 2.00 bits per heavy atom. The highest BCUT2D eigenvalue weighted by Gasteiger charge is 2.31. The number of carbonyl (C=O) groups excluding carboxylic acids is 1. The van der Waals surface area contributed by atoms with Crippen molar-refractivity contribution in [3.8, 4) is 5.75 Å². The second kappa shape index (κ2) is 5.08. The molecule has 0 fully saturated rings. The Morgan fingerprint density at radius 2 is 1.63 bits per heavy atom. The molecule has 19 heavy (non-hydrogen) atoms. The van der Waals surface area contributed by atoms with Crippen LogP contribution in [0.25, 0.3) is 0 Å². The van der Waals surface area contributed by atoms with Crippen LogP contribution in [0.2, 0.25) is 0 Å². The van der Waals surface area contributed by atoms with Crippen LogP contribution in [-0.2, 0) is 0 Å². The van der Waals surface area contributed by atoms with E-state index in [2.05, 4.69) is 4.74 Å². The van der Waals surface area contributed by atoms with Crippen LogP contribution in [0.3, 0.4) is 0 Å². The molecule has 0 spiro atoms. The average molecular weight is 276 g/mol. The molecule has 0 bridgehead atoms. The van der Waals surface area contributed by atoms with E-state index in [0.29, 0.717) is 0 Å². The van der Waals surface area contributed by atoms with Gasteiger partial charge in [0.2, 0.25) is 0 Å². The lowest BCUT2D eigenvalue weighted by molar-refractivity contribution is -0.274. The molecule has 0 aliphatic carbocycles. The van der Waals surface area contributed by atoms with Gasteiger partial charge in [-0.15, -0.1) is 13.2 Å². The van der Waals surface area contributed by atoms with E-state index in [1.807, 2.05) is 0 Å². The number of carbonyl (C=O) groups is 1. The molecule has 7 heteroatoms. The molecule has 0 atom stereocenters. The van der Waals surface area contributed by atoms with Crippen LogP contribution < -0.4 is 10.6 Å². The zero-order valence-electron chi connectivity index (χ0n) is 10.8. The lowest BCUT2D eigenvalue weighted by Crippen LogP contribution is -2.50. The molecule has 1 aromatic carbocycles.